The monoisotopic (exact) mass is 167 g/mol. The first kappa shape index (κ1) is 8.77. The third kappa shape index (κ3) is 2.74. The molecule has 4 heteroatoms. The van der Waals surface area contributed by atoms with Gasteiger partial charge in [0.15, 0.2) is 0 Å². The quantitative estimate of drug-likeness (QED) is 0.697. The Balaban J connectivity index is 2.22. The molecule has 4 nitrogen and oxygen atoms in total. The van der Waals surface area contributed by atoms with Crippen molar-refractivity contribution in [1.29, 1.82) is 0 Å². The lowest BCUT2D eigenvalue weighted by Crippen LogP contribution is -2.22. The van der Waals surface area contributed by atoms with Crippen LogP contribution in [-0.4, -0.2) is 16.1 Å². The molecule has 0 atom stereocenters. The highest BCUT2D eigenvalue weighted by Gasteiger charge is 1.98. The molecule has 0 aliphatic heterocycles. The number of nitrogens with zero attached hydrogens (tertiary/aromatic N) is 1. The van der Waals surface area contributed by atoms with Gasteiger partial charge in [0, 0.05) is 12.6 Å². The second-order valence-corrected chi connectivity index (χ2v) is 2.61. The molecule has 0 bridgehead atoms. The van der Waals surface area contributed by atoms with Crippen LogP contribution in [0.2, 0.25) is 0 Å². The van der Waals surface area contributed by atoms with Gasteiger partial charge in [-0.2, -0.15) is 5.10 Å². The van der Waals surface area contributed by atoms with Crippen LogP contribution in [0.4, 0.5) is 0 Å². The van der Waals surface area contributed by atoms with Crippen LogP contribution < -0.4 is 5.32 Å². The highest BCUT2D eigenvalue weighted by molar-refractivity contribution is 5.75. The topological polar surface area (TPSA) is 57.8 Å². The molecular weight excluding hydrogens is 154 g/mol. The molecule has 0 saturated carbocycles. The molecule has 0 fully saturated rings. The van der Waals surface area contributed by atoms with E-state index in [0.29, 0.717) is 13.0 Å². The van der Waals surface area contributed by atoms with Crippen LogP contribution >= 0.6 is 0 Å². The molecule has 0 spiro atoms. The van der Waals surface area contributed by atoms with Crippen molar-refractivity contribution < 1.29 is 4.79 Å². The summed E-state index contributed by atoms with van der Waals surface area (Å²) in [6.45, 7) is 2.52. The number of carbonyl (C=O) groups excluding carboxylic acids is 1. The van der Waals surface area contributed by atoms with Crippen molar-refractivity contribution in [1.82, 2.24) is 15.5 Å². The summed E-state index contributed by atoms with van der Waals surface area (Å²) in [5, 5.41) is 9.32. The highest BCUT2D eigenvalue weighted by Crippen LogP contribution is 1.91. The lowest BCUT2D eigenvalue weighted by Gasteiger charge is -2.00. The summed E-state index contributed by atoms with van der Waals surface area (Å²) in [6.07, 6.45) is 3.14. The third-order valence-corrected chi connectivity index (χ3v) is 1.51. The Kier molecular flexibility index (Phi) is 3.32. The zero-order valence-corrected chi connectivity index (χ0v) is 7.13. The fraction of sp³-hybridized carbons (Fsp3) is 0.500. The van der Waals surface area contributed by atoms with Gasteiger partial charge in [0.25, 0.3) is 0 Å². The summed E-state index contributed by atoms with van der Waals surface area (Å²) in [7, 11) is 0. The number of hydrogen-bond acceptors (Lipinski definition) is 2. The van der Waals surface area contributed by atoms with Crippen LogP contribution in [0.3, 0.4) is 0 Å². The highest BCUT2D eigenvalue weighted by atomic mass is 16.1. The van der Waals surface area contributed by atoms with Crippen molar-refractivity contribution in [3.05, 3.63) is 18.0 Å². The van der Waals surface area contributed by atoms with Crippen LogP contribution in [0.1, 0.15) is 25.5 Å². The summed E-state index contributed by atoms with van der Waals surface area (Å²) < 4.78 is 0. The standard InChI is InChI=1S/C8H13N3O/c1-2-3-8(12)9-6-7-4-5-10-11-7/h4-5H,2-3,6H2,1H3,(H,9,12)(H,10,11). The van der Waals surface area contributed by atoms with E-state index in [1.807, 2.05) is 13.0 Å². The molecule has 0 aliphatic rings. The van der Waals surface area contributed by atoms with Gasteiger partial charge in [0.05, 0.1) is 12.2 Å². The first-order chi connectivity index (χ1) is 5.83. The predicted octanol–water partition coefficient (Wildman–Crippen LogP) is 0.826. The Morgan fingerprint density at radius 1 is 1.75 bits per heavy atom. The Morgan fingerprint density at radius 3 is 3.17 bits per heavy atom. The third-order valence-electron chi connectivity index (χ3n) is 1.51. The lowest BCUT2D eigenvalue weighted by atomic mass is 10.3. The number of carbonyl (C=O) groups is 1. The molecular formula is C8H13N3O. The normalized spacial score (nSPS) is 9.75. The van der Waals surface area contributed by atoms with Gasteiger partial charge in [-0.3, -0.25) is 9.89 Å². The minimum Gasteiger partial charge on any atom is -0.350 e. The molecule has 0 aromatic carbocycles. The number of rotatable bonds is 4. The van der Waals surface area contributed by atoms with Gasteiger partial charge in [-0.1, -0.05) is 6.92 Å². The van der Waals surface area contributed by atoms with Gasteiger partial charge in [-0.15, -0.1) is 0 Å². The van der Waals surface area contributed by atoms with Gasteiger partial charge in [0.2, 0.25) is 5.91 Å². The zero-order valence-electron chi connectivity index (χ0n) is 7.13. The van der Waals surface area contributed by atoms with E-state index in [2.05, 4.69) is 15.5 Å². The predicted molar refractivity (Wildman–Crippen MR) is 45.3 cm³/mol. The van der Waals surface area contributed by atoms with Crippen LogP contribution in [0, 0.1) is 0 Å². The number of H-pyrrole nitrogens is 1. The fourth-order valence-corrected chi connectivity index (χ4v) is 0.892. The second kappa shape index (κ2) is 4.54. The minimum atomic E-state index is 0.0899. The van der Waals surface area contributed by atoms with E-state index in [9.17, 15) is 4.79 Å². The summed E-state index contributed by atoms with van der Waals surface area (Å²) in [6, 6.07) is 1.84. The van der Waals surface area contributed by atoms with Gasteiger partial charge < -0.3 is 5.32 Å². The minimum absolute atomic E-state index is 0.0899. The number of nitrogens with one attached hydrogen (secondary N) is 2. The zero-order chi connectivity index (χ0) is 8.81. The maximum Gasteiger partial charge on any atom is 0.220 e. The fourth-order valence-electron chi connectivity index (χ4n) is 0.892. The molecule has 1 rings (SSSR count). The Hall–Kier alpha value is -1.32. The Labute approximate surface area is 71.4 Å². The lowest BCUT2D eigenvalue weighted by molar-refractivity contribution is -0.121. The van der Waals surface area contributed by atoms with Crippen molar-refractivity contribution in [3.8, 4) is 0 Å². The average molecular weight is 167 g/mol. The smallest absolute Gasteiger partial charge is 0.220 e. The molecule has 0 radical (unpaired) electrons. The molecule has 0 saturated heterocycles. The Bertz CT molecular complexity index is 230. The number of amides is 1. The van der Waals surface area contributed by atoms with Gasteiger partial charge in [0.1, 0.15) is 0 Å². The maximum atomic E-state index is 11.0. The number of hydrogen-bond donors (Lipinski definition) is 2. The van der Waals surface area contributed by atoms with Crippen molar-refractivity contribution in [2.24, 2.45) is 0 Å². The molecule has 66 valence electrons. The molecule has 1 aromatic heterocycles. The first-order valence-electron chi connectivity index (χ1n) is 4.08. The summed E-state index contributed by atoms with van der Waals surface area (Å²) in [5.74, 6) is 0.0899. The van der Waals surface area contributed by atoms with E-state index in [1.165, 1.54) is 0 Å². The molecule has 1 amide bonds. The number of aromatic amines is 1. The number of aromatic nitrogens is 2. The van der Waals surface area contributed by atoms with Gasteiger partial charge in [-0.05, 0) is 12.5 Å². The largest absolute Gasteiger partial charge is 0.350 e. The van der Waals surface area contributed by atoms with Crippen LogP contribution in [0.15, 0.2) is 12.3 Å². The van der Waals surface area contributed by atoms with E-state index in [0.717, 1.165) is 12.1 Å². The van der Waals surface area contributed by atoms with Crippen LogP contribution in [-0.2, 0) is 11.3 Å². The molecule has 0 unspecified atom stereocenters. The molecule has 1 heterocycles. The second-order valence-electron chi connectivity index (χ2n) is 2.61. The summed E-state index contributed by atoms with van der Waals surface area (Å²) in [5.41, 5.74) is 0.930. The van der Waals surface area contributed by atoms with E-state index in [1.54, 1.807) is 6.20 Å². The first-order valence-corrected chi connectivity index (χ1v) is 4.08. The maximum absolute atomic E-state index is 11.0. The molecule has 0 aliphatic carbocycles. The van der Waals surface area contributed by atoms with Crippen molar-refractivity contribution in [2.75, 3.05) is 0 Å². The average Bonchev–Trinajstić information content (AvgIpc) is 2.53. The summed E-state index contributed by atoms with van der Waals surface area (Å²) >= 11 is 0. The van der Waals surface area contributed by atoms with E-state index >= 15 is 0 Å². The molecule has 2 N–H and O–H groups in total. The SMILES string of the molecule is CCCC(=O)NCc1ccn[nH]1. The van der Waals surface area contributed by atoms with Gasteiger partial charge in [-0.25, -0.2) is 0 Å². The van der Waals surface area contributed by atoms with Crippen LogP contribution in [0.25, 0.3) is 0 Å². The molecule has 1 aromatic rings. The van der Waals surface area contributed by atoms with Crippen molar-refractivity contribution in [2.45, 2.75) is 26.3 Å². The van der Waals surface area contributed by atoms with Crippen molar-refractivity contribution in [3.63, 3.8) is 0 Å². The molecule has 12 heavy (non-hydrogen) atoms. The van der Waals surface area contributed by atoms with Crippen LogP contribution in [0.5, 0.6) is 0 Å². The van der Waals surface area contributed by atoms with Gasteiger partial charge >= 0.3 is 0 Å². The van der Waals surface area contributed by atoms with E-state index in [4.69, 9.17) is 0 Å². The Morgan fingerprint density at radius 2 is 2.58 bits per heavy atom. The van der Waals surface area contributed by atoms with E-state index in [-0.39, 0.29) is 5.91 Å². The summed E-state index contributed by atoms with van der Waals surface area (Å²) in [4.78, 5) is 11.0. The van der Waals surface area contributed by atoms with Crippen molar-refractivity contribution >= 4 is 5.91 Å². The van der Waals surface area contributed by atoms with E-state index < -0.39 is 0 Å².